The number of hydrogen-bond donors (Lipinski definition) is 0. The van der Waals surface area contributed by atoms with Crippen LogP contribution in [0.2, 0.25) is 0 Å². The quantitative estimate of drug-likeness (QED) is 0.566. The normalized spacial score (nSPS) is 14.7. The van der Waals surface area contributed by atoms with Crippen molar-refractivity contribution in [2.24, 2.45) is 0 Å². The summed E-state index contributed by atoms with van der Waals surface area (Å²) in [6.07, 6.45) is 4.62. The molecule has 0 aromatic rings. The van der Waals surface area contributed by atoms with Crippen molar-refractivity contribution >= 4 is 18.9 Å². The van der Waals surface area contributed by atoms with Gasteiger partial charge in [-0.3, -0.25) is 0 Å². The zero-order valence-electron chi connectivity index (χ0n) is 6.45. The SMILES string of the molecule is CC[PH](C)(C)C/C=C\Cl. The first-order valence-corrected chi connectivity index (χ1v) is 7.22. The van der Waals surface area contributed by atoms with Crippen LogP contribution in [-0.4, -0.2) is 25.7 Å². The zero-order valence-corrected chi connectivity index (χ0v) is 8.20. The van der Waals surface area contributed by atoms with Gasteiger partial charge in [0, 0.05) is 0 Å². The van der Waals surface area contributed by atoms with Gasteiger partial charge in [-0.15, -0.1) is 0 Å². The summed E-state index contributed by atoms with van der Waals surface area (Å²) in [5.74, 6) is 0. The van der Waals surface area contributed by atoms with Crippen molar-refractivity contribution in [2.45, 2.75) is 6.92 Å². The van der Waals surface area contributed by atoms with Gasteiger partial charge < -0.3 is 0 Å². The Kier molecular flexibility index (Phi) is 4.52. The number of halogens is 1. The third-order valence-corrected chi connectivity index (χ3v) is 5.15. The third-order valence-electron chi connectivity index (χ3n) is 1.72. The van der Waals surface area contributed by atoms with E-state index in [0.717, 1.165) is 0 Å². The van der Waals surface area contributed by atoms with Crippen LogP contribution in [0.4, 0.5) is 0 Å². The van der Waals surface area contributed by atoms with E-state index in [-0.39, 0.29) is 0 Å². The molecule has 0 rings (SSSR count). The average Bonchev–Trinajstić information content (AvgIpc) is 1.84. The van der Waals surface area contributed by atoms with Crippen molar-refractivity contribution in [3.05, 3.63) is 11.6 Å². The predicted octanol–water partition coefficient (Wildman–Crippen LogP) is 2.77. The summed E-state index contributed by atoms with van der Waals surface area (Å²) in [7, 11) is -0.869. The second-order valence-electron chi connectivity index (χ2n) is 3.08. The van der Waals surface area contributed by atoms with Gasteiger partial charge in [0.2, 0.25) is 0 Å². The topological polar surface area (TPSA) is 0 Å². The van der Waals surface area contributed by atoms with Crippen molar-refractivity contribution in [3.8, 4) is 0 Å². The Labute approximate surface area is 63.6 Å². The molecule has 2 heteroatoms. The molecule has 0 aromatic carbocycles. The molecule has 0 N–H and O–H groups in total. The summed E-state index contributed by atoms with van der Waals surface area (Å²) in [5, 5.41) is 0. The predicted molar refractivity (Wildman–Crippen MR) is 50.6 cm³/mol. The Balaban J connectivity index is 3.58. The molecule has 0 radical (unpaired) electrons. The second-order valence-corrected chi connectivity index (χ2v) is 8.78. The van der Waals surface area contributed by atoms with Crippen LogP contribution in [-0.2, 0) is 0 Å². The van der Waals surface area contributed by atoms with Crippen molar-refractivity contribution in [1.29, 1.82) is 0 Å². The second kappa shape index (κ2) is 4.30. The van der Waals surface area contributed by atoms with E-state index in [9.17, 15) is 0 Å². The number of allylic oxidation sites excluding steroid dienone is 1. The molecule has 9 heavy (non-hydrogen) atoms. The summed E-state index contributed by atoms with van der Waals surface area (Å²) < 4.78 is 0. The van der Waals surface area contributed by atoms with Crippen LogP contribution in [0.25, 0.3) is 0 Å². The van der Waals surface area contributed by atoms with Crippen molar-refractivity contribution < 1.29 is 0 Å². The van der Waals surface area contributed by atoms with Gasteiger partial charge >= 0.3 is 63.1 Å². The van der Waals surface area contributed by atoms with Crippen molar-refractivity contribution in [1.82, 2.24) is 0 Å². The van der Waals surface area contributed by atoms with Gasteiger partial charge in [-0.05, 0) is 0 Å². The molecule has 0 saturated carbocycles. The Morgan fingerprint density at radius 3 is 2.33 bits per heavy atom. The summed E-state index contributed by atoms with van der Waals surface area (Å²) in [6.45, 7) is 7.02. The van der Waals surface area contributed by atoms with Gasteiger partial charge in [-0.25, -0.2) is 0 Å². The first-order valence-electron chi connectivity index (χ1n) is 3.37. The van der Waals surface area contributed by atoms with Gasteiger partial charge in [0.15, 0.2) is 0 Å². The summed E-state index contributed by atoms with van der Waals surface area (Å²) >= 11 is 5.41. The van der Waals surface area contributed by atoms with Gasteiger partial charge in [0.25, 0.3) is 0 Å². The van der Waals surface area contributed by atoms with Crippen molar-refractivity contribution in [3.63, 3.8) is 0 Å². The van der Waals surface area contributed by atoms with E-state index < -0.39 is 7.26 Å². The van der Waals surface area contributed by atoms with E-state index in [2.05, 4.69) is 26.3 Å². The van der Waals surface area contributed by atoms with E-state index in [4.69, 9.17) is 11.6 Å². The first-order chi connectivity index (χ1) is 4.12. The maximum absolute atomic E-state index is 5.41. The number of hydrogen-bond acceptors (Lipinski definition) is 0. The van der Waals surface area contributed by atoms with Crippen LogP contribution in [0.15, 0.2) is 11.6 Å². The molecule has 0 aliphatic heterocycles. The molecule has 0 saturated heterocycles. The molecule has 0 atom stereocenters. The molecule has 56 valence electrons. The monoisotopic (exact) mass is 166 g/mol. The molecule has 0 aliphatic carbocycles. The van der Waals surface area contributed by atoms with E-state index in [0.29, 0.717) is 0 Å². The van der Waals surface area contributed by atoms with Gasteiger partial charge in [0.05, 0.1) is 0 Å². The Morgan fingerprint density at radius 1 is 1.44 bits per heavy atom. The molecule has 0 aliphatic rings. The fourth-order valence-electron chi connectivity index (χ4n) is 0.508. The Morgan fingerprint density at radius 2 is 2.00 bits per heavy atom. The van der Waals surface area contributed by atoms with E-state index in [1.807, 2.05) is 0 Å². The Hall–Kier alpha value is 0.460. The standard InChI is InChI=1S/C7H16ClP/c1-4-9(2,3)7-5-6-8/h5-6,9H,4,7H2,1-3H3/b6-5-. The minimum absolute atomic E-state index is 0.869. The van der Waals surface area contributed by atoms with E-state index in [1.54, 1.807) is 5.54 Å². The fraction of sp³-hybridized carbons (Fsp3) is 0.714. The molecule has 0 spiro atoms. The van der Waals surface area contributed by atoms with Gasteiger partial charge in [-0.2, -0.15) is 0 Å². The maximum atomic E-state index is 5.41. The van der Waals surface area contributed by atoms with Crippen LogP contribution >= 0.6 is 18.9 Å². The van der Waals surface area contributed by atoms with Crippen LogP contribution in [0, 0.1) is 0 Å². The zero-order chi connectivity index (χ0) is 7.33. The van der Waals surface area contributed by atoms with Crippen LogP contribution < -0.4 is 0 Å². The minimum atomic E-state index is -0.869. The summed E-state index contributed by atoms with van der Waals surface area (Å²) in [4.78, 5) is 0. The van der Waals surface area contributed by atoms with Crippen LogP contribution in [0.5, 0.6) is 0 Å². The molecule has 0 unspecified atom stereocenters. The van der Waals surface area contributed by atoms with E-state index >= 15 is 0 Å². The molecule has 0 nitrogen and oxygen atoms in total. The molecule has 0 amide bonds. The van der Waals surface area contributed by atoms with Gasteiger partial charge in [-0.1, -0.05) is 0 Å². The fourth-order valence-corrected chi connectivity index (χ4v) is 1.79. The van der Waals surface area contributed by atoms with E-state index in [1.165, 1.54) is 12.3 Å². The molecule has 0 heterocycles. The molecule has 0 fully saturated rings. The summed E-state index contributed by atoms with van der Waals surface area (Å²) in [5.41, 5.74) is 1.63. The molecule has 0 aromatic heterocycles. The third kappa shape index (κ3) is 4.93. The average molecular weight is 167 g/mol. The van der Waals surface area contributed by atoms with Crippen LogP contribution in [0.3, 0.4) is 0 Å². The Bertz CT molecular complexity index is 97.1. The first kappa shape index (κ1) is 9.46. The molecule has 0 bridgehead atoms. The van der Waals surface area contributed by atoms with Gasteiger partial charge in [0.1, 0.15) is 0 Å². The number of rotatable bonds is 3. The molecular formula is C7H16ClP. The van der Waals surface area contributed by atoms with Crippen LogP contribution in [0.1, 0.15) is 6.92 Å². The molecular weight excluding hydrogens is 151 g/mol. The summed E-state index contributed by atoms with van der Waals surface area (Å²) in [6, 6.07) is 0. The van der Waals surface area contributed by atoms with Crippen molar-refractivity contribution in [2.75, 3.05) is 25.7 Å².